The quantitative estimate of drug-likeness (QED) is 0.865. The van der Waals surface area contributed by atoms with Gasteiger partial charge in [-0.15, -0.1) is 0 Å². The first-order chi connectivity index (χ1) is 8.91. The van der Waals surface area contributed by atoms with Crippen molar-refractivity contribution in [3.8, 4) is 5.88 Å². The van der Waals surface area contributed by atoms with Gasteiger partial charge in [0.25, 0.3) is 5.56 Å². The summed E-state index contributed by atoms with van der Waals surface area (Å²) >= 11 is 1.09. The van der Waals surface area contributed by atoms with E-state index in [2.05, 4.69) is 9.47 Å². The van der Waals surface area contributed by atoms with Crippen LogP contribution in [-0.4, -0.2) is 21.3 Å². The minimum Gasteiger partial charge on any atom is -0.480 e. The third kappa shape index (κ3) is 2.92. The van der Waals surface area contributed by atoms with Gasteiger partial charge in [-0.05, 0) is 17.6 Å². The lowest BCUT2D eigenvalue weighted by atomic mass is 10.3. The molecule has 19 heavy (non-hydrogen) atoms. The van der Waals surface area contributed by atoms with Crippen molar-refractivity contribution < 1.29 is 17.9 Å². The fourth-order valence-electron chi connectivity index (χ4n) is 1.39. The zero-order valence-corrected chi connectivity index (χ0v) is 10.5. The number of rotatable bonds is 3. The van der Waals surface area contributed by atoms with Crippen LogP contribution in [0.25, 0.3) is 0 Å². The van der Waals surface area contributed by atoms with Gasteiger partial charge in [0, 0.05) is 17.0 Å². The van der Waals surface area contributed by atoms with Crippen LogP contribution in [0.4, 0.5) is 13.2 Å². The van der Waals surface area contributed by atoms with Crippen LogP contribution < -0.4 is 10.3 Å². The van der Waals surface area contributed by atoms with Gasteiger partial charge >= 0.3 is 6.18 Å². The highest BCUT2D eigenvalue weighted by molar-refractivity contribution is 7.03. The molecule has 2 aromatic rings. The molecule has 5 nitrogen and oxygen atoms in total. The van der Waals surface area contributed by atoms with E-state index >= 15 is 0 Å². The summed E-state index contributed by atoms with van der Waals surface area (Å²) in [6.07, 6.45) is -4.59. The molecule has 102 valence electrons. The van der Waals surface area contributed by atoms with Crippen LogP contribution >= 0.6 is 11.5 Å². The number of hydrogen-bond donors (Lipinski definition) is 0. The van der Waals surface area contributed by atoms with Gasteiger partial charge in [-0.3, -0.25) is 4.79 Å². The number of aromatic nitrogens is 3. The molecule has 0 unspecified atom stereocenters. The van der Waals surface area contributed by atoms with Crippen molar-refractivity contribution in [3.63, 3.8) is 0 Å². The second-order valence-electron chi connectivity index (χ2n) is 3.56. The number of ether oxygens (including phenoxy) is 1. The molecule has 0 aromatic carbocycles. The maximum atomic E-state index is 12.5. The maximum Gasteiger partial charge on any atom is 0.435 e. The lowest BCUT2D eigenvalue weighted by Gasteiger charge is -2.09. The lowest BCUT2D eigenvalue weighted by Crippen LogP contribution is -2.26. The zero-order valence-electron chi connectivity index (χ0n) is 9.64. The van der Waals surface area contributed by atoms with E-state index in [1.807, 2.05) is 0 Å². The molecule has 0 saturated carbocycles. The van der Waals surface area contributed by atoms with Gasteiger partial charge < -0.3 is 4.74 Å². The minimum absolute atomic E-state index is 0.123. The molecule has 0 spiro atoms. The first-order valence-electron chi connectivity index (χ1n) is 5.04. The third-order valence-electron chi connectivity index (χ3n) is 2.28. The molecule has 0 aliphatic rings. The van der Waals surface area contributed by atoms with E-state index in [0.29, 0.717) is 11.6 Å². The lowest BCUT2D eigenvalue weighted by molar-refractivity contribution is -0.142. The Morgan fingerprint density at radius 3 is 2.79 bits per heavy atom. The molecule has 2 aromatic heterocycles. The van der Waals surface area contributed by atoms with Gasteiger partial charge in [0.1, 0.15) is 0 Å². The van der Waals surface area contributed by atoms with Crippen molar-refractivity contribution in [3.05, 3.63) is 39.1 Å². The predicted molar refractivity (Wildman–Crippen MR) is 61.3 cm³/mol. The number of alkyl halides is 3. The Kier molecular flexibility index (Phi) is 3.56. The molecule has 0 aliphatic heterocycles. The van der Waals surface area contributed by atoms with Crippen LogP contribution in [0, 0.1) is 0 Å². The Hall–Kier alpha value is -1.90. The first-order valence-corrected chi connectivity index (χ1v) is 5.88. The molecule has 2 heterocycles. The summed E-state index contributed by atoms with van der Waals surface area (Å²) in [7, 11) is 1.39. The van der Waals surface area contributed by atoms with Gasteiger partial charge in [-0.1, -0.05) is 0 Å². The van der Waals surface area contributed by atoms with Crippen LogP contribution in [0.3, 0.4) is 0 Å². The van der Waals surface area contributed by atoms with Crippen molar-refractivity contribution in [2.75, 3.05) is 7.11 Å². The van der Waals surface area contributed by atoms with Crippen molar-refractivity contribution in [1.29, 1.82) is 0 Å². The van der Waals surface area contributed by atoms with Crippen LogP contribution in [0.2, 0.25) is 0 Å². The van der Waals surface area contributed by atoms with Crippen LogP contribution in [-0.2, 0) is 12.7 Å². The van der Waals surface area contributed by atoms with E-state index < -0.39 is 17.4 Å². The summed E-state index contributed by atoms with van der Waals surface area (Å²) in [6, 6.07) is 1.49. The monoisotopic (exact) mass is 291 g/mol. The molecule has 9 heteroatoms. The first kappa shape index (κ1) is 13.5. The number of methoxy groups -OCH3 is 1. The molecule has 0 fully saturated rings. The van der Waals surface area contributed by atoms with Crippen molar-refractivity contribution in [2.24, 2.45) is 0 Å². The molecule has 0 N–H and O–H groups in total. The molecule has 0 amide bonds. The highest BCUT2D eigenvalue weighted by Gasteiger charge is 2.33. The Morgan fingerprint density at radius 2 is 2.16 bits per heavy atom. The molecular formula is C10H8F3N3O2S. The maximum absolute atomic E-state index is 12.5. The smallest absolute Gasteiger partial charge is 0.435 e. The summed E-state index contributed by atoms with van der Waals surface area (Å²) in [6.45, 7) is -0.123. The van der Waals surface area contributed by atoms with Gasteiger partial charge in [-0.25, -0.2) is 4.68 Å². The SMILES string of the molecule is COc1nscc1Cn1nc(C(F)(F)F)ccc1=O. The van der Waals surface area contributed by atoms with Crippen molar-refractivity contribution >= 4 is 11.5 Å². The van der Waals surface area contributed by atoms with E-state index in [-0.39, 0.29) is 12.4 Å². The molecule has 0 saturated heterocycles. The number of hydrogen-bond acceptors (Lipinski definition) is 5. The van der Waals surface area contributed by atoms with Crippen molar-refractivity contribution in [2.45, 2.75) is 12.7 Å². The number of nitrogens with zero attached hydrogens (tertiary/aromatic N) is 3. The van der Waals surface area contributed by atoms with Gasteiger partial charge in [-0.2, -0.15) is 22.6 Å². The van der Waals surface area contributed by atoms with Crippen molar-refractivity contribution in [1.82, 2.24) is 14.2 Å². The molecule has 0 bridgehead atoms. The average molecular weight is 291 g/mol. The molecule has 2 rings (SSSR count). The zero-order chi connectivity index (χ0) is 14.0. The fourth-order valence-corrected chi connectivity index (χ4v) is 2.04. The summed E-state index contributed by atoms with van der Waals surface area (Å²) < 4.78 is 47.1. The highest BCUT2D eigenvalue weighted by atomic mass is 32.1. The van der Waals surface area contributed by atoms with Crippen LogP contribution in [0.1, 0.15) is 11.3 Å². The standard InChI is InChI=1S/C10H8F3N3O2S/c1-18-9-6(5-19-15-9)4-16-8(17)3-2-7(14-16)10(11,12)13/h2-3,5H,4H2,1H3. The number of halogens is 3. The Labute approximate surface area is 109 Å². The molecule has 0 radical (unpaired) electrons. The Morgan fingerprint density at radius 1 is 1.42 bits per heavy atom. The highest BCUT2D eigenvalue weighted by Crippen LogP contribution is 2.26. The summed E-state index contributed by atoms with van der Waals surface area (Å²) in [5, 5.41) is 4.88. The van der Waals surface area contributed by atoms with E-state index in [1.165, 1.54) is 7.11 Å². The van der Waals surface area contributed by atoms with Crippen LogP contribution in [0.5, 0.6) is 5.88 Å². The summed E-state index contributed by atoms with van der Waals surface area (Å²) in [5.74, 6) is 0.274. The average Bonchev–Trinajstić information content (AvgIpc) is 2.77. The molecular weight excluding hydrogens is 283 g/mol. The largest absolute Gasteiger partial charge is 0.480 e. The third-order valence-corrected chi connectivity index (χ3v) is 2.94. The second-order valence-corrected chi connectivity index (χ2v) is 4.19. The summed E-state index contributed by atoms with van der Waals surface area (Å²) in [4.78, 5) is 11.5. The van der Waals surface area contributed by atoms with Gasteiger partial charge in [0.05, 0.1) is 13.7 Å². The normalized spacial score (nSPS) is 11.6. The fraction of sp³-hybridized carbons (Fsp3) is 0.300. The second kappa shape index (κ2) is 5.00. The Balaban J connectivity index is 2.37. The topological polar surface area (TPSA) is 57.0 Å². The van der Waals surface area contributed by atoms with E-state index in [0.717, 1.165) is 22.3 Å². The van der Waals surface area contributed by atoms with E-state index in [1.54, 1.807) is 5.38 Å². The predicted octanol–water partition coefficient (Wildman–Crippen LogP) is 1.78. The van der Waals surface area contributed by atoms with E-state index in [4.69, 9.17) is 4.74 Å². The molecule has 0 aliphatic carbocycles. The molecule has 0 atom stereocenters. The Bertz CT molecular complexity index is 635. The minimum atomic E-state index is -4.59. The van der Waals surface area contributed by atoms with Gasteiger partial charge in [0.2, 0.25) is 5.88 Å². The van der Waals surface area contributed by atoms with Crippen LogP contribution in [0.15, 0.2) is 22.3 Å². The summed E-state index contributed by atoms with van der Waals surface area (Å²) in [5.41, 5.74) is -1.24. The van der Waals surface area contributed by atoms with Gasteiger partial charge in [0.15, 0.2) is 5.69 Å². The van der Waals surface area contributed by atoms with E-state index in [9.17, 15) is 18.0 Å².